The molecule has 6 nitrogen and oxygen atoms in total. The molecule has 2 heterocycles. The number of fused-ring (bicyclic) bond motifs is 1. The number of nitrogens with zero attached hydrogens (tertiary/aromatic N) is 2. The Kier molecular flexibility index (Phi) is 11.2. The van der Waals surface area contributed by atoms with Crippen LogP contribution in [0.2, 0.25) is 0 Å². The molecule has 0 saturated carbocycles. The van der Waals surface area contributed by atoms with Gasteiger partial charge in [0, 0.05) is 13.0 Å². The van der Waals surface area contributed by atoms with Crippen LogP contribution in [0.25, 0.3) is 0 Å². The number of amides is 1. The lowest BCUT2D eigenvalue weighted by molar-refractivity contribution is -0.818. The Morgan fingerprint density at radius 2 is 1.79 bits per heavy atom. The number of hydrogen-bond donors (Lipinski definition) is 2. The van der Waals surface area contributed by atoms with Crippen LogP contribution in [0.15, 0.2) is 34.9 Å². The lowest BCUT2D eigenvalue weighted by Crippen LogP contribution is -3.17. The summed E-state index contributed by atoms with van der Waals surface area (Å²) in [6.45, 7) is 13.0. The van der Waals surface area contributed by atoms with Crippen molar-refractivity contribution in [1.82, 2.24) is 15.1 Å². The minimum atomic E-state index is -0.0619. The van der Waals surface area contributed by atoms with Crippen molar-refractivity contribution < 1.29 is 14.5 Å². The van der Waals surface area contributed by atoms with Gasteiger partial charge in [0.2, 0.25) is 0 Å². The van der Waals surface area contributed by atoms with Gasteiger partial charge in [-0.3, -0.25) is 19.9 Å². The van der Waals surface area contributed by atoms with Gasteiger partial charge in [-0.25, -0.2) is 9.69 Å². The van der Waals surface area contributed by atoms with E-state index in [1.54, 1.807) is 0 Å². The minimum Gasteiger partial charge on any atom is -0.295 e. The Balaban J connectivity index is 1.71. The van der Waals surface area contributed by atoms with Crippen molar-refractivity contribution in [2.24, 2.45) is 5.92 Å². The Hall–Kier alpha value is -1.60. The van der Waals surface area contributed by atoms with Crippen molar-refractivity contribution in [3.05, 3.63) is 34.9 Å². The molecule has 3 unspecified atom stereocenters. The number of carbonyl (C=O) groups is 2. The number of carbonyl (C=O) groups excluding carboxylic acids is 2. The third kappa shape index (κ3) is 8.93. The highest BCUT2D eigenvalue weighted by atomic mass is 16.2. The van der Waals surface area contributed by atoms with E-state index >= 15 is 0 Å². The summed E-state index contributed by atoms with van der Waals surface area (Å²) in [5.74, 6) is 0.972. The number of allylic oxidation sites excluding steroid dienone is 5. The Morgan fingerprint density at radius 3 is 2.48 bits per heavy atom. The summed E-state index contributed by atoms with van der Waals surface area (Å²) < 4.78 is 0. The molecule has 2 aliphatic rings. The van der Waals surface area contributed by atoms with Gasteiger partial charge < -0.3 is 0 Å². The van der Waals surface area contributed by atoms with Crippen LogP contribution in [0.3, 0.4) is 0 Å². The van der Waals surface area contributed by atoms with Crippen LogP contribution >= 0.6 is 0 Å². The summed E-state index contributed by atoms with van der Waals surface area (Å²) in [6.07, 6.45) is 12.5. The second-order valence-electron chi connectivity index (χ2n) is 10.6. The van der Waals surface area contributed by atoms with Gasteiger partial charge in [0.15, 0.2) is 11.8 Å². The minimum absolute atomic E-state index is 0.0619. The molecule has 2 rings (SSSR count). The molecule has 2 N–H and O–H groups in total. The molecule has 0 aromatic carbocycles. The molecule has 0 aromatic heterocycles. The first-order chi connectivity index (χ1) is 15.6. The highest BCUT2D eigenvalue weighted by Crippen LogP contribution is 2.18. The first-order valence-corrected chi connectivity index (χ1v) is 12.6. The van der Waals surface area contributed by atoms with Gasteiger partial charge in [0.1, 0.15) is 6.67 Å². The maximum absolute atomic E-state index is 12.7. The van der Waals surface area contributed by atoms with E-state index in [1.165, 1.54) is 16.7 Å². The van der Waals surface area contributed by atoms with Crippen LogP contribution < -0.4 is 10.2 Å². The molecular weight excluding hydrogens is 412 g/mol. The second-order valence-corrected chi connectivity index (χ2v) is 10.6. The highest BCUT2D eigenvalue weighted by Gasteiger charge is 2.48. The normalized spacial score (nSPS) is 25.8. The second kappa shape index (κ2) is 13.3. The van der Waals surface area contributed by atoms with Crippen LogP contribution in [0, 0.1) is 5.92 Å². The molecule has 2 saturated heterocycles. The lowest BCUT2D eigenvalue weighted by atomic mass is 10.0. The molecule has 0 spiro atoms. The largest absolute Gasteiger partial charge is 0.333 e. The zero-order valence-corrected chi connectivity index (χ0v) is 22.0. The van der Waals surface area contributed by atoms with E-state index in [2.05, 4.69) is 68.9 Å². The number of quaternary nitrogens is 1. The fourth-order valence-electron chi connectivity index (χ4n) is 4.79. The van der Waals surface area contributed by atoms with Crippen LogP contribution in [0.4, 0.5) is 0 Å². The van der Waals surface area contributed by atoms with Crippen LogP contribution in [-0.4, -0.2) is 67.7 Å². The van der Waals surface area contributed by atoms with Gasteiger partial charge in [-0.1, -0.05) is 42.7 Å². The van der Waals surface area contributed by atoms with E-state index in [0.29, 0.717) is 18.2 Å². The molecule has 2 aliphatic heterocycles. The SMILES string of the molecule is CC(=CCN1CNC2C1C(=O)[NH+](C)CN2C)CCC=C(C)CCCC(C)=CC(=O)CC(C)C. The zero-order chi connectivity index (χ0) is 24.5. The number of ketones is 1. The number of likely N-dealkylation sites (N-methyl/N-ethyl adjacent to an activating group) is 2. The summed E-state index contributed by atoms with van der Waals surface area (Å²) >= 11 is 0. The van der Waals surface area contributed by atoms with Gasteiger partial charge in [-0.2, -0.15) is 0 Å². The van der Waals surface area contributed by atoms with Crippen molar-refractivity contribution in [2.75, 3.05) is 34.0 Å². The molecule has 1 amide bonds. The van der Waals surface area contributed by atoms with E-state index in [9.17, 15) is 9.59 Å². The Labute approximate surface area is 201 Å². The summed E-state index contributed by atoms with van der Waals surface area (Å²) in [5.41, 5.74) is 4.00. The van der Waals surface area contributed by atoms with E-state index in [4.69, 9.17) is 0 Å². The van der Waals surface area contributed by atoms with Crippen LogP contribution in [0.5, 0.6) is 0 Å². The van der Waals surface area contributed by atoms with Gasteiger partial charge in [-0.15, -0.1) is 0 Å². The van der Waals surface area contributed by atoms with Crippen LogP contribution in [-0.2, 0) is 9.59 Å². The van der Waals surface area contributed by atoms with Gasteiger partial charge >= 0.3 is 5.91 Å². The van der Waals surface area contributed by atoms with Gasteiger partial charge in [0.25, 0.3) is 0 Å². The maximum atomic E-state index is 12.7. The van der Waals surface area contributed by atoms with Crippen molar-refractivity contribution in [2.45, 2.75) is 85.4 Å². The molecule has 33 heavy (non-hydrogen) atoms. The smallest absolute Gasteiger partial charge is 0.295 e. The van der Waals surface area contributed by atoms with Crippen LogP contribution in [0.1, 0.15) is 73.1 Å². The summed E-state index contributed by atoms with van der Waals surface area (Å²) in [4.78, 5) is 30.0. The first-order valence-electron chi connectivity index (χ1n) is 12.6. The van der Waals surface area contributed by atoms with E-state index in [1.807, 2.05) is 13.1 Å². The number of rotatable bonds is 12. The standard InChI is InChI=1S/C27H46N4O2/c1-20(2)16-24(32)17-23(5)13-9-11-21(3)10-8-12-22(4)14-15-31-18-28-26-25(31)27(33)30(7)19-29(26)6/h10,14,17,20,25-26,28H,8-9,11-13,15-16,18-19H2,1-7H3/p+1. The van der Waals surface area contributed by atoms with Crippen molar-refractivity contribution in [1.29, 1.82) is 0 Å². The average Bonchev–Trinajstić information content (AvgIpc) is 3.14. The monoisotopic (exact) mass is 459 g/mol. The van der Waals surface area contributed by atoms with E-state index < -0.39 is 0 Å². The van der Waals surface area contributed by atoms with Gasteiger partial charge in [-0.05, 0) is 71.9 Å². The molecule has 0 bridgehead atoms. The summed E-state index contributed by atoms with van der Waals surface area (Å²) in [5, 5.41) is 3.49. The first kappa shape index (κ1) is 27.6. The Morgan fingerprint density at radius 1 is 1.12 bits per heavy atom. The quantitative estimate of drug-likeness (QED) is 0.347. The topological polar surface area (TPSA) is 57.1 Å². The number of hydrogen-bond acceptors (Lipinski definition) is 5. The Bertz CT molecular complexity index is 768. The maximum Gasteiger partial charge on any atom is 0.333 e. The highest BCUT2D eigenvalue weighted by molar-refractivity contribution is 5.90. The molecule has 0 aliphatic carbocycles. The van der Waals surface area contributed by atoms with Crippen molar-refractivity contribution >= 4 is 11.7 Å². The molecular formula is C27H47N4O2+. The lowest BCUT2D eigenvalue weighted by Gasteiger charge is -2.36. The molecule has 0 radical (unpaired) electrons. The van der Waals surface area contributed by atoms with E-state index in [-0.39, 0.29) is 18.0 Å². The molecule has 6 heteroatoms. The predicted octanol–water partition coefficient (Wildman–Crippen LogP) is 2.89. The predicted molar refractivity (Wildman–Crippen MR) is 136 cm³/mol. The van der Waals surface area contributed by atoms with Crippen molar-refractivity contribution in [3.8, 4) is 0 Å². The molecule has 186 valence electrons. The molecule has 0 aromatic rings. The fourth-order valence-corrected chi connectivity index (χ4v) is 4.79. The fraction of sp³-hybridized carbons (Fsp3) is 0.704. The number of nitrogens with one attached hydrogen (secondary N) is 2. The third-order valence-electron chi connectivity index (χ3n) is 6.71. The van der Waals surface area contributed by atoms with Crippen molar-refractivity contribution in [3.63, 3.8) is 0 Å². The average molecular weight is 460 g/mol. The summed E-state index contributed by atoms with van der Waals surface area (Å²) in [7, 11) is 4.05. The molecule has 2 fully saturated rings. The van der Waals surface area contributed by atoms with Gasteiger partial charge in [0.05, 0.1) is 19.9 Å². The third-order valence-corrected chi connectivity index (χ3v) is 6.71. The summed E-state index contributed by atoms with van der Waals surface area (Å²) in [6, 6.07) is -0.0619. The van der Waals surface area contributed by atoms with E-state index in [0.717, 1.165) is 56.9 Å². The zero-order valence-electron chi connectivity index (χ0n) is 22.0. The molecule has 3 atom stereocenters.